The Kier molecular flexibility index (Phi) is 7.27. The van der Waals surface area contributed by atoms with Gasteiger partial charge < -0.3 is 10.6 Å². The predicted molar refractivity (Wildman–Crippen MR) is 117 cm³/mol. The zero-order valence-corrected chi connectivity index (χ0v) is 18.2. The van der Waals surface area contributed by atoms with Crippen molar-refractivity contribution in [3.63, 3.8) is 0 Å². The fraction of sp³-hybridized carbons (Fsp3) is 0.421. The highest BCUT2D eigenvalue weighted by Gasteiger charge is 2.14. The molecule has 154 valence electrons. The van der Waals surface area contributed by atoms with Gasteiger partial charge in [-0.2, -0.15) is 5.10 Å². The summed E-state index contributed by atoms with van der Waals surface area (Å²) in [5.41, 5.74) is 1.22. The molecule has 0 atom stereocenters. The maximum atomic E-state index is 12.2. The first-order chi connectivity index (χ1) is 14.0. The molecular weight excluding hydrogens is 410 g/mol. The third kappa shape index (κ3) is 5.57. The van der Waals surface area contributed by atoms with Crippen LogP contribution in [0, 0.1) is 5.92 Å². The molecule has 0 aliphatic rings. The fourth-order valence-corrected chi connectivity index (χ4v) is 3.29. The van der Waals surface area contributed by atoms with Crippen LogP contribution in [0.4, 0.5) is 5.82 Å². The van der Waals surface area contributed by atoms with Gasteiger partial charge in [-0.05, 0) is 23.8 Å². The van der Waals surface area contributed by atoms with Crippen LogP contribution in [0.1, 0.15) is 31.1 Å². The van der Waals surface area contributed by atoms with Gasteiger partial charge in [-0.15, -0.1) is 0 Å². The van der Waals surface area contributed by atoms with Crippen LogP contribution >= 0.6 is 23.4 Å². The topological polar surface area (TPSA) is 97.6 Å². The number of pyridine rings is 1. The number of fused-ring (bicyclic) bond motifs is 1. The Morgan fingerprint density at radius 2 is 2.10 bits per heavy atom. The predicted octanol–water partition coefficient (Wildman–Crippen LogP) is 3.48. The highest BCUT2D eigenvalue weighted by Crippen LogP contribution is 2.24. The fourth-order valence-electron chi connectivity index (χ4n) is 2.62. The van der Waals surface area contributed by atoms with Crippen LogP contribution in [-0.4, -0.2) is 49.5 Å². The van der Waals surface area contributed by atoms with Crippen molar-refractivity contribution in [2.75, 3.05) is 24.2 Å². The first-order valence-electron chi connectivity index (χ1n) is 9.48. The molecule has 0 saturated heterocycles. The Bertz CT molecular complexity index is 975. The molecule has 1 amide bonds. The molecule has 0 radical (unpaired) electrons. The van der Waals surface area contributed by atoms with Crippen LogP contribution in [0.5, 0.6) is 0 Å². The Labute approximate surface area is 178 Å². The molecule has 3 aromatic rings. The third-order valence-corrected chi connectivity index (χ3v) is 4.98. The molecule has 3 heterocycles. The molecule has 0 spiro atoms. The number of nitrogens with zero attached hydrogens (tertiary/aromatic N) is 5. The number of rotatable bonds is 9. The Morgan fingerprint density at radius 3 is 2.79 bits per heavy atom. The summed E-state index contributed by atoms with van der Waals surface area (Å²) in [5, 5.41) is 12.7. The second-order valence-corrected chi connectivity index (χ2v) is 8.41. The standard InChI is InChI=1S/C19H24ClN7OS/c1-4-29-19-25-16(23-9-12(2)3)14-11-24-27(17(14)26-19)8-7-21-18(28)13-5-6-15(20)22-10-13/h5-6,10-12H,4,7-9H2,1-3H3,(H,21,28)(H,23,25,26). The number of carbonyl (C=O) groups excluding carboxylic acids is 1. The maximum Gasteiger partial charge on any atom is 0.252 e. The van der Waals surface area contributed by atoms with Crippen molar-refractivity contribution >= 4 is 46.1 Å². The summed E-state index contributed by atoms with van der Waals surface area (Å²) in [7, 11) is 0. The van der Waals surface area contributed by atoms with E-state index >= 15 is 0 Å². The lowest BCUT2D eigenvalue weighted by Crippen LogP contribution is -2.27. The second kappa shape index (κ2) is 9.89. The van der Waals surface area contributed by atoms with Crippen molar-refractivity contribution in [3.8, 4) is 0 Å². The monoisotopic (exact) mass is 433 g/mol. The molecule has 0 unspecified atom stereocenters. The number of hydrogen-bond donors (Lipinski definition) is 2. The summed E-state index contributed by atoms with van der Waals surface area (Å²) in [6.07, 6.45) is 3.22. The number of anilines is 1. The van der Waals surface area contributed by atoms with Gasteiger partial charge in [0, 0.05) is 19.3 Å². The molecule has 0 aliphatic carbocycles. The Hall–Kier alpha value is -2.39. The van der Waals surface area contributed by atoms with Gasteiger partial charge >= 0.3 is 0 Å². The average Bonchev–Trinajstić information content (AvgIpc) is 3.10. The molecule has 10 heteroatoms. The summed E-state index contributed by atoms with van der Waals surface area (Å²) in [6.45, 7) is 8.09. The first-order valence-corrected chi connectivity index (χ1v) is 10.8. The molecular formula is C19H24ClN7OS. The highest BCUT2D eigenvalue weighted by molar-refractivity contribution is 7.99. The Morgan fingerprint density at radius 1 is 1.28 bits per heavy atom. The lowest BCUT2D eigenvalue weighted by Gasteiger charge is -2.11. The van der Waals surface area contributed by atoms with E-state index in [0.29, 0.717) is 34.9 Å². The van der Waals surface area contributed by atoms with Gasteiger partial charge in [0.15, 0.2) is 10.8 Å². The second-order valence-electron chi connectivity index (χ2n) is 6.79. The molecule has 0 aliphatic heterocycles. The minimum atomic E-state index is -0.207. The van der Waals surface area contributed by atoms with Crippen LogP contribution in [0.3, 0.4) is 0 Å². The summed E-state index contributed by atoms with van der Waals surface area (Å²) < 4.78 is 1.79. The number of hydrogen-bond acceptors (Lipinski definition) is 7. The van der Waals surface area contributed by atoms with E-state index in [1.165, 1.54) is 6.20 Å². The van der Waals surface area contributed by atoms with E-state index in [0.717, 1.165) is 29.1 Å². The molecule has 0 bridgehead atoms. The van der Waals surface area contributed by atoms with E-state index in [1.54, 1.807) is 34.8 Å². The van der Waals surface area contributed by atoms with E-state index < -0.39 is 0 Å². The summed E-state index contributed by atoms with van der Waals surface area (Å²) in [4.78, 5) is 25.4. The zero-order chi connectivity index (χ0) is 20.8. The third-order valence-electron chi connectivity index (χ3n) is 4.03. The SMILES string of the molecule is CCSc1nc(NCC(C)C)c2cnn(CCNC(=O)c3ccc(Cl)nc3)c2n1. The molecule has 0 aromatic carbocycles. The summed E-state index contributed by atoms with van der Waals surface area (Å²) >= 11 is 7.34. The number of nitrogens with one attached hydrogen (secondary N) is 2. The molecule has 8 nitrogen and oxygen atoms in total. The van der Waals surface area contributed by atoms with Crippen LogP contribution < -0.4 is 10.6 Å². The molecule has 3 aromatic heterocycles. The van der Waals surface area contributed by atoms with Crippen molar-refractivity contribution < 1.29 is 4.79 Å². The average molecular weight is 434 g/mol. The zero-order valence-electron chi connectivity index (χ0n) is 16.6. The minimum absolute atomic E-state index is 0.207. The van der Waals surface area contributed by atoms with E-state index in [9.17, 15) is 4.79 Å². The molecule has 0 saturated carbocycles. The van der Waals surface area contributed by atoms with Gasteiger partial charge in [-0.3, -0.25) is 4.79 Å². The maximum absolute atomic E-state index is 12.2. The van der Waals surface area contributed by atoms with Gasteiger partial charge in [0.2, 0.25) is 0 Å². The number of thioether (sulfide) groups is 1. The lowest BCUT2D eigenvalue weighted by molar-refractivity contribution is 0.0951. The Balaban J connectivity index is 1.73. The van der Waals surface area contributed by atoms with Crippen LogP contribution in [0.2, 0.25) is 5.15 Å². The number of amides is 1. The quantitative estimate of drug-likeness (QED) is 0.303. The summed E-state index contributed by atoms with van der Waals surface area (Å²) in [5.74, 6) is 1.97. The van der Waals surface area contributed by atoms with E-state index in [2.05, 4.69) is 51.5 Å². The van der Waals surface area contributed by atoms with E-state index in [4.69, 9.17) is 11.6 Å². The van der Waals surface area contributed by atoms with Gasteiger partial charge in [-0.1, -0.05) is 44.1 Å². The highest BCUT2D eigenvalue weighted by atomic mass is 35.5. The number of halogens is 1. The van der Waals surface area contributed by atoms with Gasteiger partial charge in [0.1, 0.15) is 11.0 Å². The lowest BCUT2D eigenvalue weighted by atomic mass is 10.2. The van der Waals surface area contributed by atoms with Crippen molar-refractivity contribution in [2.24, 2.45) is 5.92 Å². The van der Waals surface area contributed by atoms with Crippen LogP contribution in [-0.2, 0) is 6.54 Å². The van der Waals surface area contributed by atoms with E-state index in [1.807, 2.05) is 0 Å². The van der Waals surface area contributed by atoms with Gasteiger partial charge in [-0.25, -0.2) is 19.6 Å². The van der Waals surface area contributed by atoms with Crippen molar-refractivity contribution in [3.05, 3.63) is 35.2 Å². The first kappa shape index (κ1) is 21.3. The molecule has 3 rings (SSSR count). The molecule has 29 heavy (non-hydrogen) atoms. The van der Waals surface area contributed by atoms with Gasteiger partial charge in [0.25, 0.3) is 5.91 Å². The smallest absolute Gasteiger partial charge is 0.252 e. The van der Waals surface area contributed by atoms with Crippen molar-refractivity contribution in [1.82, 2.24) is 30.0 Å². The largest absolute Gasteiger partial charge is 0.369 e. The van der Waals surface area contributed by atoms with E-state index in [-0.39, 0.29) is 5.91 Å². The normalized spacial score (nSPS) is 11.2. The number of carbonyl (C=O) groups is 1. The van der Waals surface area contributed by atoms with Crippen LogP contribution in [0.25, 0.3) is 11.0 Å². The minimum Gasteiger partial charge on any atom is -0.369 e. The summed E-state index contributed by atoms with van der Waals surface area (Å²) in [6, 6.07) is 3.23. The van der Waals surface area contributed by atoms with Crippen LogP contribution in [0.15, 0.2) is 29.7 Å². The number of aromatic nitrogens is 5. The molecule has 2 N–H and O–H groups in total. The molecule has 0 fully saturated rings. The van der Waals surface area contributed by atoms with Crippen molar-refractivity contribution in [1.29, 1.82) is 0 Å². The van der Waals surface area contributed by atoms with Crippen molar-refractivity contribution in [2.45, 2.75) is 32.5 Å². The van der Waals surface area contributed by atoms with Gasteiger partial charge in [0.05, 0.1) is 23.7 Å².